The Hall–Kier alpha value is -1.18. The SMILES string of the molecule is CCCN(CCBr)C(=O)c1c(F)c(F)c(F)c(F)c1F. The third-order valence-electron chi connectivity index (χ3n) is 2.56. The highest BCUT2D eigenvalue weighted by Gasteiger charge is 2.31. The Kier molecular flexibility index (Phi) is 5.91. The van der Waals surface area contributed by atoms with Crippen LogP contribution in [0.3, 0.4) is 0 Å². The van der Waals surface area contributed by atoms with E-state index in [0.29, 0.717) is 11.8 Å². The highest BCUT2D eigenvalue weighted by atomic mass is 79.9. The minimum Gasteiger partial charge on any atom is -0.338 e. The molecule has 0 aliphatic rings. The lowest BCUT2D eigenvalue weighted by Crippen LogP contribution is -2.35. The molecular formula is C12H11BrF5NO. The van der Waals surface area contributed by atoms with Crippen molar-refractivity contribution in [2.75, 3.05) is 18.4 Å². The van der Waals surface area contributed by atoms with Gasteiger partial charge in [-0.2, -0.15) is 0 Å². The molecule has 0 N–H and O–H groups in total. The van der Waals surface area contributed by atoms with Gasteiger partial charge in [0.25, 0.3) is 5.91 Å². The van der Waals surface area contributed by atoms with Crippen LogP contribution in [0.4, 0.5) is 22.0 Å². The zero-order valence-corrected chi connectivity index (χ0v) is 12.0. The Morgan fingerprint density at radius 1 is 0.950 bits per heavy atom. The number of nitrogens with zero attached hydrogens (tertiary/aromatic N) is 1. The van der Waals surface area contributed by atoms with E-state index in [0.717, 1.165) is 4.90 Å². The molecule has 20 heavy (non-hydrogen) atoms. The van der Waals surface area contributed by atoms with Crippen molar-refractivity contribution < 1.29 is 26.7 Å². The van der Waals surface area contributed by atoms with Crippen molar-refractivity contribution in [3.8, 4) is 0 Å². The molecule has 2 nitrogen and oxygen atoms in total. The second-order valence-electron chi connectivity index (χ2n) is 3.93. The molecule has 0 bridgehead atoms. The molecule has 8 heteroatoms. The number of carbonyl (C=O) groups excluding carboxylic acids is 1. The first-order valence-electron chi connectivity index (χ1n) is 5.73. The van der Waals surface area contributed by atoms with E-state index in [1.165, 1.54) is 0 Å². The van der Waals surface area contributed by atoms with Crippen LogP contribution in [0.25, 0.3) is 0 Å². The number of benzene rings is 1. The monoisotopic (exact) mass is 359 g/mol. The quantitative estimate of drug-likeness (QED) is 0.340. The van der Waals surface area contributed by atoms with Gasteiger partial charge in [-0.05, 0) is 6.42 Å². The van der Waals surface area contributed by atoms with Gasteiger partial charge in [0.2, 0.25) is 5.82 Å². The van der Waals surface area contributed by atoms with Crippen molar-refractivity contribution in [1.29, 1.82) is 0 Å². The average molecular weight is 360 g/mol. The van der Waals surface area contributed by atoms with E-state index in [9.17, 15) is 26.7 Å². The van der Waals surface area contributed by atoms with Crippen LogP contribution >= 0.6 is 15.9 Å². The Balaban J connectivity index is 3.34. The molecule has 0 saturated carbocycles. The number of halogens is 6. The fraction of sp³-hybridized carbons (Fsp3) is 0.417. The summed E-state index contributed by atoms with van der Waals surface area (Å²) in [6.45, 7) is 1.95. The van der Waals surface area contributed by atoms with E-state index >= 15 is 0 Å². The van der Waals surface area contributed by atoms with Crippen LogP contribution in [0.15, 0.2) is 0 Å². The second kappa shape index (κ2) is 7.01. The van der Waals surface area contributed by atoms with Gasteiger partial charge >= 0.3 is 0 Å². The fourth-order valence-electron chi connectivity index (χ4n) is 1.64. The maximum atomic E-state index is 13.5. The number of alkyl halides is 1. The first-order valence-corrected chi connectivity index (χ1v) is 6.85. The highest BCUT2D eigenvalue weighted by Crippen LogP contribution is 2.24. The summed E-state index contributed by atoms with van der Waals surface area (Å²) in [6, 6.07) is 0. The molecule has 0 aromatic heterocycles. The van der Waals surface area contributed by atoms with E-state index in [1.807, 2.05) is 0 Å². The average Bonchev–Trinajstić information content (AvgIpc) is 2.43. The molecule has 0 aliphatic carbocycles. The van der Waals surface area contributed by atoms with E-state index in [4.69, 9.17) is 0 Å². The fourth-order valence-corrected chi connectivity index (χ4v) is 2.07. The van der Waals surface area contributed by atoms with Crippen LogP contribution in [0.2, 0.25) is 0 Å². The van der Waals surface area contributed by atoms with Crippen molar-refractivity contribution in [1.82, 2.24) is 4.90 Å². The number of carbonyl (C=O) groups is 1. The van der Waals surface area contributed by atoms with Crippen LogP contribution < -0.4 is 0 Å². The normalized spacial score (nSPS) is 10.8. The largest absolute Gasteiger partial charge is 0.338 e. The van der Waals surface area contributed by atoms with E-state index in [2.05, 4.69) is 15.9 Å². The molecule has 0 spiro atoms. The predicted molar refractivity (Wildman–Crippen MR) is 66.2 cm³/mol. The number of hydrogen-bond donors (Lipinski definition) is 0. The van der Waals surface area contributed by atoms with Gasteiger partial charge in [-0.3, -0.25) is 4.79 Å². The molecule has 1 aromatic carbocycles. The van der Waals surface area contributed by atoms with Crippen molar-refractivity contribution in [3.63, 3.8) is 0 Å². The number of hydrogen-bond acceptors (Lipinski definition) is 1. The summed E-state index contributed by atoms with van der Waals surface area (Å²) in [5.74, 6) is -12.0. The predicted octanol–water partition coefficient (Wildman–Crippen LogP) is 3.63. The Morgan fingerprint density at radius 2 is 1.40 bits per heavy atom. The zero-order valence-electron chi connectivity index (χ0n) is 10.5. The maximum absolute atomic E-state index is 13.5. The molecule has 1 rings (SSSR count). The van der Waals surface area contributed by atoms with E-state index in [1.54, 1.807) is 6.92 Å². The van der Waals surface area contributed by atoms with Crippen LogP contribution in [0, 0.1) is 29.1 Å². The summed E-state index contributed by atoms with van der Waals surface area (Å²) >= 11 is 3.05. The highest BCUT2D eigenvalue weighted by molar-refractivity contribution is 9.09. The summed E-state index contributed by atoms with van der Waals surface area (Å²) in [5, 5.41) is 0.314. The molecule has 112 valence electrons. The topological polar surface area (TPSA) is 20.3 Å². The minimum absolute atomic E-state index is 0.0895. The second-order valence-corrected chi connectivity index (χ2v) is 4.72. The summed E-state index contributed by atoms with van der Waals surface area (Å²) in [5.41, 5.74) is -1.42. The number of rotatable bonds is 5. The summed E-state index contributed by atoms with van der Waals surface area (Å²) in [7, 11) is 0. The van der Waals surface area contributed by atoms with E-state index < -0.39 is 40.6 Å². The Labute approximate surface area is 120 Å². The maximum Gasteiger partial charge on any atom is 0.260 e. The van der Waals surface area contributed by atoms with Crippen molar-refractivity contribution in [2.24, 2.45) is 0 Å². The first-order chi connectivity index (χ1) is 9.36. The molecule has 0 saturated heterocycles. The van der Waals surface area contributed by atoms with Gasteiger partial charge in [0.1, 0.15) is 5.56 Å². The molecule has 0 fully saturated rings. The minimum atomic E-state index is -2.28. The molecule has 1 amide bonds. The first kappa shape index (κ1) is 16.9. The molecule has 0 aliphatic heterocycles. The third kappa shape index (κ3) is 3.11. The van der Waals surface area contributed by atoms with Gasteiger partial charge in [0.15, 0.2) is 23.3 Å². The van der Waals surface area contributed by atoms with Gasteiger partial charge in [0, 0.05) is 18.4 Å². The van der Waals surface area contributed by atoms with Gasteiger partial charge < -0.3 is 4.90 Å². The van der Waals surface area contributed by atoms with Crippen LogP contribution in [0.5, 0.6) is 0 Å². The lowest BCUT2D eigenvalue weighted by atomic mass is 10.1. The number of amides is 1. The summed E-state index contributed by atoms with van der Waals surface area (Å²) in [6.07, 6.45) is 0.480. The van der Waals surface area contributed by atoms with Crippen LogP contribution in [0.1, 0.15) is 23.7 Å². The molecule has 0 atom stereocenters. The van der Waals surface area contributed by atoms with Crippen molar-refractivity contribution >= 4 is 21.8 Å². The van der Waals surface area contributed by atoms with Crippen LogP contribution in [-0.4, -0.2) is 29.2 Å². The molecular weight excluding hydrogens is 349 g/mol. The third-order valence-corrected chi connectivity index (χ3v) is 2.91. The molecule has 0 heterocycles. The van der Waals surface area contributed by atoms with Gasteiger partial charge in [-0.1, -0.05) is 22.9 Å². The smallest absolute Gasteiger partial charge is 0.260 e. The summed E-state index contributed by atoms with van der Waals surface area (Å²) in [4.78, 5) is 13.0. The summed E-state index contributed by atoms with van der Waals surface area (Å²) < 4.78 is 66.0. The standard InChI is InChI=1S/C12H11BrF5NO/c1-2-4-19(5-3-13)12(20)6-7(14)9(16)11(18)10(17)8(6)15/h2-5H2,1H3. The molecule has 0 unspecified atom stereocenters. The Bertz CT molecular complexity index is 488. The molecule has 0 radical (unpaired) electrons. The van der Waals surface area contributed by atoms with E-state index in [-0.39, 0.29) is 13.1 Å². The van der Waals surface area contributed by atoms with Crippen molar-refractivity contribution in [3.05, 3.63) is 34.6 Å². The van der Waals surface area contributed by atoms with Gasteiger partial charge in [-0.15, -0.1) is 0 Å². The lowest BCUT2D eigenvalue weighted by Gasteiger charge is -2.21. The lowest BCUT2D eigenvalue weighted by molar-refractivity contribution is 0.0753. The van der Waals surface area contributed by atoms with Gasteiger partial charge in [-0.25, -0.2) is 22.0 Å². The van der Waals surface area contributed by atoms with Gasteiger partial charge in [0.05, 0.1) is 0 Å². The Morgan fingerprint density at radius 3 is 1.80 bits per heavy atom. The zero-order chi connectivity index (χ0) is 15.4. The molecule has 1 aromatic rings. The van der Waals surface area contributed by atoms with Crippen molar-refractivity contribution in [2.45, 2.75) is 13.3 Å². The van der Waals surface area contributed by atoms with Crippen LogP contribution in [-0.2, 0) is 0 Å².